The fourth-order valence-corrected chi connectivity index (χ4v) is 6.02. The molecule has 9 atom stereocenters. The second kappa shape index (κ2) is 27.1. The summed E-state index contributed by atoms with van der Waals surface area (Å²) in [6.45, 7) is 14.5. The molecule has 5 unspecified atom stereocenters. The Balaban J connectivity index is 2.68. The van der Waals surface area contributed by atoms with E-state index in [4.69, 9.17) is 33.5 Å². The van der Waals surface area contributed by atoms with E-state index in [-0.39, 0.29) is 24.1 Å². The molecule has 0 saturated heterocycles. The molecule has 0 amide bonds. The van der Waals surface area contributed by atoms with Crippen molar-refractivity contribution in [3.05, 3.63) is 12.2 Å². The molecule has 0 radical (unpaired) electrons. The lowest BCUT2D eigenvalue weighted by Crippen LogP contribution is -2.36. The molecular formula is C40H66O15. The van der Waals surface area contributed by atoms with E-state index in [1.54, 1.807) is 0 Å². The van der Waals surface area contributed by atoms with Crippen LogP contribution in [0.3, 0.4) is 0 Å². The van der Waals surface area contributed by atoms with Gasteiger partial charge in [0, 0.05) is 19.4 Å². The van der Waals surface area contributed by atoms with Crippen molar-refractivity contribution in [2.24, 2.45) is 17.8 Å². The summed E-state index contributed by atoms with van der Waals surface area (Å²) < 4.78 is 26.1. The van der Waals surface area contributed by atoms with Crippen LogP contribution in [0.25, 0.3) is 0 Å². The molecule has 55 heavy (non-hydrogen) atoms. The zero-order valence-corrected chi connectivity index (χ0v) is 34.5. The monoisotopic (exact) mass is 786 g/mol. The number of ether oxygens (including phenoxy) is 5. The van der Waals surface area contributed by atoms with E-state index in [2.05, 4.69) is 35.8 Å². The average Bonchev–Trinajstić information content (AvgIpc) is 3.43. The third-order valence-electron chi connectivity index (χ3n) is 9.36. The first kappa shape index (κ1) is 49.5. The van der Waals surface area contributed by atoms with Crippen LogP contribution in [0.5, 0.6) is 0 Å². The minimum absolute atomic E-state index is 0.0855. The summed E-state index contributed by atoms with van der Waals surface area (Å²) in [7, 11) is 1.29. The molecule has 15 nitrogen and oxygen atoms in total. The molecule has 0 aromatic rings. The van der Waals surface area contributed by atoms with Crippen LogP contribution in [0.2, 0.25) is 0 Å². The van der Waals surface area contributed by atoms with Gasteiger partial charge in [0.05, 0.1) is 6.10 Å². The summed E-state index contributed by atoms with van der Waals surface area (Å²) in [6, 6.07) is 0. The number of unbranched alkanes of at least 4 members (excludes halogenated alkanes) is 6. The van der Waals surface area contributed by atoms with Crippen molar-refractivity contribution < 1.29 is 72.0 Å². The van der Waals surface area contributed by atoms with E-state index < -0.39 is 60.4 Å². The Morgan fingerprint density at radius 3 is 1.76 bits per heavy atom. The van der Waals surface area contributed by atoms with Gasteiger partial charge in [-0.05, 0) is 92.4 Å². The highest BCUT2D eigenvalue weighted by atomic mass is 17.2. The first-order valence-electron chi connectivity index (χ1n) is 19.7. The lowest BCUT2D eigenvalue weighted by molar-refractivity contribution is -0.328. The maximum atomic E-state index is 13.2. The smallest absolute Gasteiger partial charge is 0.382 e. The number of hydrogen-bond acceptors (Lipinski definition) is 15. The Morgan fingerprint density at radius 1 is 0.618 bits per heavy atom. The number of carbonyl (C=O) groups excluding carboxylic acids is 6. The van der Waals surface area contributed by atoms with Crippen molar-refractivity contribution in [2.45, 2.75) is 182 Å². The third kappa shape index (κ3) is 19.7. The highest BCUT2D eigenvalue weighted by Gasteiger charge is 2.43. The van der Waals surface area contributed by atoms with Crippen molar-refractivity contribution in [3.8, 4) is 0 Å². The molecule has 1 rings (SSSR count). The number of methoxy groups -OCH3 is 1. The minimum Gasteiger partial charge on any atom is -0.463 e. The molecule has 15 heteroatoms. The highest BCUT2D eigenvalue weighted by molar-refractivity contribution is 5.82. The van der Waals surface area contributed by atoms with Gasteiger partial charge in [-0.2, -0.15) is 9.78 Å². The second-order valence-corrected chi connectivity index (χ2v) is 14.5. The number of esters is 4. The van der Waals surface area contributed by atoms with Crippen LogP contribution in [0, 0.1) is 17.8 Å². The van der Waals surface area contributed by atoms with E-state index in [0.29, 0.717) is 37.5 Å². The average molecular weight is 787 g/mol. The maximum Gasteiger partial charge on any atom is 0.382 e. The number of allylic oxidation sites excluding steroid dienone is 2. The van der Waals surface area contributed by atoms with Gasteiger partial charge >= 0.3 is 35.8 Å². The maximum absolute atomic E-state index is 13.2. The topological polar surface area (TPSA) is 185 Å². The van der Waals surface area contributed by atoms with Crippen LogP contribution in [0.4, 0.5) is 0 Å². The van der Waals surface area contributed by atoms with E-state index in [0.717, 1.165) is 25.7 Å². The molecule has 0 heterocycles. The normalized spacial score (nSPS) is 20.9. The molecule has 0 aliphatic heterocycles. The summed E-state index contributed by atoms with van der Waals surface area (Å²) in [5.74, 6) is -4.18. The third-order valence-corrected chi connectivity index (χ3v) is 9.36. The van der Waals surface area contributed by atoms with Crippen molar-refractivity contribution in [1.29, 1.82) is 0 Å². The minimum atomic E-state index is -1.49. The first-order chi connectivity index (χ1) is 26.0. The Bertz CT molecular complexity index is 1220. The number of hydrogen-bond donors (Lipinski definition) is 0. The molecule has 1 aliphatic carbocycles. The van der Waals surface area contributed by atoms with Crippen molar-refractivity contribution in [1.82, 2.24) is 0 Å². The van der Waals surface area contributed by atoms with E-state index >= 15 is 0 Å². The molecule has 0 bridgehead atoms. The van der Waals surface area contributed by atoms with Crippen LogP contribution < -0.4 is 0 Å². The summed E-state index contributed by atoms with van der Waals surface area (Å²) in [6.07, 6.45) is 8.56. The number of rotatable bonds is 27. The van der Waals surface area contributed by atoms with Crippen LogP contribution in [-0.4, -0.2) is 85.7 Å². The predicted octanol–water partition coefficient (Wildman–Crippen LogP) is 6.61. The Morgan fingerprint density at radius 2 is 1.16 bits per heavy atom. The van der Waals surface area contributed by atoms with Crippen molar-refractivity contribution in [2.75, 3.05) is 7.11 Å². The summed E-state index contributed by atoms with van der Waals surface area (Å²) in [5, 5.41) is 0. The molecule has 1 aliphatic rings. The molecular weight excluding hydrogens is 720 g/mol. The Hall–Kier alpha value is -3.56. The lowest BCUT2D eigenvalue weighted by Gasteiger charge is -2.26. The van der Waals surface area contributed by atoms with Gasteiger partial charge in [0.1, 0.15) is 6.10 Å². The second-order valence-electron chi connectivity index (χ2n) is 14.5. The van der Waals surface area contributed by atoms with Gasteiger partial charge in [-0.3, -0.25) is 14.6 Å². The molecule has 316 valence electrons. The van der Waals surface area contributed by atoms with Gasteiger partial charge < -0.3 is 23.7 Å². The number of carbonyl (C=O) groups is 6. The lowest BCUT2D eigenvalue weighted by atomic mass is 9.83. The largest absolute Gasteiger partial charge is 0.463 e. The van der Waals surface area contributed by atoms with Gasteiger partial charge in [-0.1, -0.05) is 64.5 Å². The summed E-state index contributed by atoms with van der Waals surface area (Å²) in [4.78, 5) is 92.5. The van der Waals surface area contributed by atoms with E-state index in [9.17, 15) is 28.8 Å². The van der Waals surface area contributed by atoms with Crippen molar-refractivity contribution in [3.63, 3.8) is 0 Å². The quantitative estimate of drug-likeness (QED) is 0.0216. The highest BCUT2D eigenvalue weighted by Crippen LogP contribution is 2.44. The molecule has 0 aromatic heterocycles. The van der Waals surface area contributed by atoms with Gasteiger partial charge in [0.15, 0.2) is 24.4 Å². The molecule has 0 N–H and O–H groups in total. The van der Waals surface area contributed by atoms with Gasteiger partial charge in [0.2, 0.25) is 6.10 Å². The van der Waals surface area contributed by atoms with E-state index in [1.165, 1.54) is 67.4 Å². The standard InChI is InChI=1S/C40H66O15/c1-11-12-13-14-15-18-21-32-26(4)24-34(33(32)22-19-16-17-20-23-35(41)48-25(2)3)51-37(43)28(6)49-38(44)30(8)52-55-40(46)31(9)53-54-39(45)29(7)50-36(42)27(5)47-10/h16,19,25-34H,11-15,17-18,20-24H2,1-10H3/b19-16-/t26-,27?,28?,29?,30?,31?,32+,33-,34+/m1/s1. The van der Waals surface area contributed by atoms with Crippen LogP contribution in [0.15, 0.2) is 12.2 Å². The summed E-state index contributed by atoms with van der Waals surface area (Å²) in [5.41, 5.74) is 0. The first-order valence-corrected chi connectivity index (χ1v) is 19.7. The Labute approximate surface area is 326 Å². The van der Waals surface area contributed by atoms with E-state index in [1.807, 2.05) is 13.8 Å². The molecule has 0 aromatic carbocycles. The predicted molar refractivity (Wildman–Crippen MR) is 198 cm³/mol. The van der Waals surface area contributed by atoms with Crippen molar-refractivity contribution >= 4 is 35.8 Å². The van der Waals surface area contributed by atoms with Gasteiger partial charge in [0.25, 0.3) is 0 Å². The van der Waals surface area contributed by atoms with Crippen LogP contribution in [0.1, 0.15) is 139 Å². The molecule has 1 saturated carbocycles. The zero-order chi connectivity index (χ0) is 41.5. The SMILES string of the molecule is CCCCCCCC[C@@H]1[C@@H](C/C=C\CCCC(=O)OC(C)C)[C@@H](OC(=O)C(C)OC(=O)C(C)OOC(=O)C(C)OOC(=O)C(C)OC(=O)C(C)OC)C[C@H]1C. The fraction of sp³-hybridized carbons (Fsp3) is 0.800. The molecule has 1 fully saturated rings. The summed E-state index contributed by atoms with van der Waals surface area (Å²) >= 11 is 0. The van der Waals surface area contributed by atoms with Crippen LogP contribution in [-0.2, 0) is 72.0 Å². The fourth-order valence-electron chi connectivity index (χ4n) is 6.02. The molecule has 0 spiro atoms. The zero-order valence-electron chi connectivity index (χ0n) is 34.5. The van der Waals surface area contributed by atoms with Crippen LogP contribution >= 0.6 is 0 Å². The van der Waals surface area contributed by atoms with Gasteiger partial charge in [-0.25, -0.2) is 24.0 Å². The van der Waals surface area contributed by atoms with Gasteiger partial charge in [-0.15, -0.1) is 0 Å². The Kier molecular flexibility index (Phi) is 24.4.